The minimum Gasteiger partial charge on any atom is -0.385 e. The number of carbonyl (C=O) groups excluding carboxylic acids is 1. The van der Waals surface area contributed by atoms with Crippen LogP contribution in [0.2, 0.25) is 0 Å². The Bertz CT molecular complexity index is 482. The van der Waals surface area contributed by atoms with Crippen molar-refractivity contribution in [2.24, 2.45) is 0 Å². The quantitative estimate of drug-likeness (QED) is 0.790. The molecule has 1 fully saturated rings. The predicted molar refractivity (Wildman–Crippen MR) is 92.2 cm³/mol. The van der Waals surface area contributed by atoms with Crippen LogP contribution < -0.4 is 15.5 Å². The highest BCUT2D eigenvalue weighted by Crippen LogP contribution is 2.22. The van der Waals surface area contributed by atoms with Crippen molar-refractivity contribution in [1.29, 1.82) is 0 Å². The van der Waals surface area contributed by atoms with E-state index in [2.05, 4.69) is 29.4 Å². The second kappa shape index (κ2) is 8.74. The molecular weight excluding hydrogens is 294 g/mol. The number of nitrogens with one attached hydrogen (secondary N) is 2. The molecule has 0 aliphatic carbocycles. The Morgan fingerprint density at radius 3 is 2.52 bits per heavy atom. The van der Waals surface area contributed by atoms with Crippen LogP contribution >= 0.6 is 0 Å². The fourth-order valence-electron chi connectivity index (χ4n) is 2.74. The topological polar surface area (TPSA) is 62.8 Å². The number of methoxy groups -OCH3 is 1. The maximum Gasteiger partial charge on any atom is 0.319 e. The van der Waals surface area contributed by atoms with E-state index in [0.29, 0.717) is 13.2 Å². The lowest BCUT2D eigenvalue weighted by Gasteiger charge is -2.36. The molecule has 0 aromatic heterocycles. The van der Waals surface area contributed by atoms with E-state index in [4.69, 9.17) is 9.47 Å². The highest BCUT2D eigenvalue weighted by molar-refractivity contribution is 5.89. The van der Waals surface area contributed by atoms with E-state index in [1.54, 1.807) is 7.11 Å². The van der Waals surface area contributed by atoms with E-state index in [-0.39, 0.29) is 18.2 Å². The minimum absolute atomic E-state index is 0.192. The van der Waals surface area contributed by atoms with Gasteiger partial charge in [0.05, 0.1) is 12.2 Å². The molecule has 0 spiro atoms. The molecule has 6 heteroatoms. The highest BCUT2D eigenvalue weighted by atomic mass is 16.5. The van der Waals surface area contributed by atoms with Gasteiger partial charge in [0.25, 0.3) is 0 Å². The number of hydrogen-bond donors (Lipinski definition) is 2. The summed E-state index contributed by atoms with van der Waals surface area (Å²) in [6, 6.07) is 7.72. The summed E-state index contributed by atoms with van der Waals surface area (Å²) in [5.74, 6) is 0. The van der Waals surface area contributed by atoms with Crippen LogP contribution in [0.3, 0.4) is 0 Å². The zero-order valence-electron chi connectivity index (χ0n) is 14.2. The normalized spacial score (nSPS) is 21.1. The van der Waals surface area contributed by atoms with Gasteiger partial charge in [-0.15, -0.1) is 0 Å². The minimum atomic E-state index is -0.192. The first-order valence-electron chi connectivity index (χ1n) is 8.12. The SMILES string of the molecule is COCCCNC(=O)Nc1ccc(N2CC(C)OC(C)C2)cc1. The molecule has 2 N–H and O–H groups in total. The Morgan fingerprint density at radius 1 is 1.26 bits per heavy atom. The Labute approximate surface area is 138 Å². The number of morpholine rings is 1. The van der Waals surface area contributed by atoms with E-state index in [1.807, 2.05) is 24.3 Å². The molecule has 1 aliphatic heterocycles. The lowest BCUT2D eigenvalue weighted by atomic mass is 10.2. The second-order valence-electron chi connectivity index (χ2n) is 5.94. The van der Waals surface area contributed by atoms with E-state index < -0.39 is 0 Å². The van der Waals surface area contributed by atoms with Crippen LogP contribution in [0.15, 0.2) is 24.3 Å². The van der Waals surface area contributed by atoms with Gasteiger partial charge in [-0.2, -0.15) is 0 Å². The van der Waals surface area contributed by atoms with Gasteiger partial charge in [0.1, 0.15) is 0 Å². The second-order valence-corrected chi connectivity index (χ2v) is 5.94. The van der Waals surface area contributed by atoms with Gasteiger partial charge in [0.15, 0.2) is 0 Å². The summed E-state index contributed by atoms with van der Waals surface area (Å²) in [6.07, 6.45) is 1.26. The zero-order valence-corrected chi connectivity index (χ0v) is 14.2. The third-order valence-corrected chi connectivity index (χ3v) is 3.72. The van der Waals surface area contributed by atoms with Gasteiger partial charge >= 0.3 is 6.03 Å². The van der Waals surface area contributed by atoms with E-state index in [1.165, 1.54) is 0 Å². The van der Waals surface area contributed by atoms with Crippen molar-refractivity contribution in [2.75, 3.05) is 43.6 Å². The average Bonchev–Trinajstić information content (AvgIpc) is 2.51. The summed E-state index contributed by atoms with van der Waals surface area (Å²) in [7, 11) is 1.65. The van der Waals surface area contributed by atoms with Gasteiger partial charge < -0.3 is 25.0 Å². The molecule has 2 atom stereocenters. The van der Waals surface area contributed by atoms with Crippen LogP contribution in [0.1, 0.15) is 20.3 Å². The van der Waals surface area contributed by atoms with Crippen molar-refractivity contribution < 1.29 is 14.3 Å². The third kappa shape index (κ3) is 5.73. The molecule has 2 amide bonds. The van der Waals surface area contributed by atoms with E-state index in [0.717, 1.165) is 30.9 Å². The molecule has 1 aliphatic rings. The van der Waals surface area contributed by atoms with Gasteiger partial charge in [-0.25, -0.2) is 4.79 Å². The number of benzene rings is 1. The molecule has 0 saturated carbocycles. The number of carbonyl (C=O) groups is 1. The van der Waals surface area contributed by atoms with Crippen molar-refractivity contribution in [1.82, 2.24) is 5.32 Å². The summed E-state index contributed by atoms with van der Waals surface area (Å²) in [4.78, 5) is 14.1. The molecule has 1 saturated heterocycles. The third-order valence-electron chi connectivity index (χ3n) is 3.72. The molecule has 1 aromatic rings. The van der Waals surface area contributed by atoms with Gasteiger partial charge in [0.2, 0.25) is 0 Å². The van der Waals surface area contributed by atoms with Crippen molar-refractivity contribution in [3.63, 3.8) is 0 Å². The van der Waals surface area contributed by atoms with Crippen molar-refractivity contribution >= 4 is 17.4 Å². The number of hydrogen-bond acceptors (Lipinski definition) is 4. The molecule has 2 unspecified atom stereocenters. The van der Waals surface area contributed by atoms with Crippen LogP contribution in [0.4, 0.5) is 16.2 Å². The van der Waals surface area contributed by atoms with Crippen molar-refractivity contribution in [3.8, 4) is 0 Å². The van der Waals surface area contributed by atoms with Crippen LogP contribution in [0, 0.1) is 0 Å². The Balaban J connectivity index is 1.83. The number of nitrogens with zero attached hydrogens (tertiary/aromatic N) is 1. The molecule has 128 valence electrons. The number of anilines is 2. The Kier molecular flexibility index (Phi) is 6.67. The van der Waals surface area contributed by atoms with Gasteiger partial charge in [0, 0.05) is 44.7 Å². The number of amides is 2. The van der Waals surface area contributed by atoms with E-state index in [9.17, 15) is 4.79 Å². The Morgan fingerprint density at radius 2 is 1.91 bits per heavy atom. The van der Waals surface area contributed by atoms with Crippen LogP contribution in [-0.2, 0) is 9.47 Å². The van der Waals surface area contributed by atoms with Crippen LogP contribution in [0.5, 0.6) is 0 Å². The van der Waals surface area contributed by atoms with Crippen LogP contribution in [0.25, 0.3) is 0 Å². The van der Waals surface area contributed by atoms with Gasteiger partial charge in [-0.1, -0.05) is 0 Å². The smallest absolute Gasteiger partial charge is 0.319 e. The first kappa shape index (κ1) is 17.6. The van der Waals surface area contributed by atoms with Gasteiger partial charge in [-0.05, 0) is 44.5 Å². The maximum atomic E-state index is 11.8. The zero-order chi connectivity index (χ0) is 16.7. The molecule has 0 radical (unpaired) electrons. The number of ether oxygens (including phenoxy) is 2. The summed E-state index contributed by atoms with van der Waals surface area (Å²) in [5.41, 5.74) is 1.94. The molecule has 1 heterocycles. The molecule has 1 aromatic carbocycles. The summed E-state index contributed by atoms with van der Waals surface area (Å²) in [6.45, 7) is 7.19. The first-order valence-corrected chi connectivity index (χ1v) is 8.12. The van der Waals surface area contributed by atoms with E-state index >= 15 is 0 Å². The highest BCUT2D eigenvalue weighted by Gasteiger charge is 2.22. The van der Waals surface area contributed by atoms with Crippen molar-refractivity contribution in [3.05, 3.63) is 24.3 Å². The van der Waals surface area contributed by atoms with Crippen LogP contribution in [-0.4, -0.2) is 51.6 Å². The molecule has 6 nitrogen and oxygen atoms in total. The molecular formula is C17H27N3O3. The monoisotopic (exact) mass is 321 g/mol. The number of rotatable bonds is 6. The standard InChI is InChI=1S/C17H27N3O3/c1-13-11-20(12-14(2)23-13)16-7-5-15(6-8-16)19-17(21)18-9-4-10-22-3/h5-8,13-14H,4,9-12H2,1-3H3,(H2,18,19,21). The first-order chi connectivity index (χ1) is 11.1. The molecule has 23 heavy (non-hydrogen) atoms. The summed E-state index contributed by atoms with van der Waals surface area (Å²) < 4.78 is 10.7. The molecule has 0 bridgehead atoms. The lowest BCUT2D eigenvalue weighted by molar-refractivity contribution is -0.00521. The predicted octanol–water partition coefficient (Wildman–Crippen LogP) is 2.46. The fraction of sp³-hybridized carbons (Fsp3) is 0.588. The summed E-state index contributed by atoms with van der Waals surface area (Å²) in [5, 5.41) is 5.63. The van der Waals surface area contributed by atoms with Gasteiger partial charge in [-0.3, -0.25) is 0 Å². The van der Waals surface area contributed by atoms with Crippen molar-refractivity contribution in [2.45, 2.75) is 32.5 Å². The summed E-state index contributed by atoms with van der Waals surface area (Å²) >= 11 is 0. The Hall–Kier alpha value is -1.79. The molecule has 2 rings (SSSR count). The number of urea groups is 1. The maximum absolute atomic E-state index is 11.8. The average molecular weight is 321 g/mol. The fourth-order valence-corrected chi connectivity index (χ4v) is 2.74. The lowest BCUT2D eigenvalue weighted by Crippen LogP contribution is -2.45. The largest absolute Gasteiger partial charge is 0.385 e.